The lowest BCUT2D eigenvalue weighted by molar-refractivity contribution is 1.19. The molecule has 1 aromatic heterocycles. The van der Waals surface area contributed by atoms with Crippen molar-refractivity contribution < 1.29 is 0 Å². The summed E-state index contributed by atoms with van der Waals surface area (Å²) in [5.41, 5.74) is 7.91. The summed E-state index contributed by atoms with van der Waals surface area (Å²) in [6, 6.07) is 1.81. The third kappa shape index (κ3) is 1.77. The number of aromatic nitrogens is 1. The standard InChI is InChI=1S/C8H11N3/c1-3-10-8-4-7(9)5-11-6(8)2/h3-5H,9H2,1-2H3. The molecule has 0 aliphatic rings. The third-order valence-corrected chi connectivity index (χ3v) is 1.35. The van der Waals surface area contributed by atoms with Gasteiger partial charge in [0.05, 0.1) is 23.3 Å². The summed E-state index contributed by atoms with van der Waals surface area (Å²) in [7, 11) is 0. The van der Waals surface area contributed by atoms with Gasteiger partial charge in [-0.2, -0.15) is 0 Å². The summed E-state index contributed by atoms with van der Waals surface area (Å²) in [6.07, 6.45) is 3.35. The number of pyridine rings is 1. The average molecular weight is 149 g/mol. The fourth-order valence-electron chi connectivity index (χ4n) is 0.807. The van der Waals surface area contributed by atoms with E-state index in [2.05, 4.69) is 9.98 Å². The first-order valence-electron chi connectivity index (χ1n) is 3.45. The van der Waals surface area contributed by atoms with E-state index in [4.69, 9.17) is 5.73 Å². The predicted molar refractivity (Wildman–Crippen MR) is 47.2 cm³/mol. The van der Waals surface area contributed by atoms with E-state index in [-0.39, 0.29) is 0 Å². The molecule has 0 spiro atoms. The van der Waals surface area contributed by atoms with Crippen LogP contribution < -0.4 is 5.73 Å². The molecule has 0 amide bonds. The van der Waals surface area contributed by atoms with Crippen molar-refractivity contribution in [1.29, 1.82) is 0 Å². The van der Waals surface area contributed by atoms with Crippen LogP contribution in [0.4, 0.5) is 11.4 Å². The van der Waals surface area contributed by atoms with Crippen LogP contribution in [0, 0.1) is 6.92 Å². The fraction of sp³-hybridized carbons (Fsp3) is 0.250. The molecule has 58 valence electrons. The highest BCUT2D eigenvalue weighted by Gasteiger charge is 1.95. The van der Waals surface area contributed by atoms with Crippen molar-refractivity contribution in [3.8, 4) is 0 Å². The van der Waals surface area contributed by atoms with E-state index in [1.807, 2.05) is 19.9 Å². The third-order valence-electron chi connectivity index (χ3n) is 1.35. The highest BCUT2D eigenvalue weighted by Crippen LogP contribution is 2.17. The van der Waals surface area contributed by atoms with E-state index in [1.165, 1.54) is 0 Å². The number of aliphatic imine (C=N–C) groups is 1. The van der Waals surface area contributed by atoms with Gasteiger partial charge < -0.3 is 5.73 Å². The van der Waals surface area contributed by atoms with Crippen LogP contribution in [0.2, 0.25) is 0 Å². The molecule has 1 heterocycles. The minimum atomic E-state index is 0.649. The van der Waals surface area contributed by atoms with Gasteiger partial charge in [0.25, 0.3) is 0 Å². The van der Waals surface area contributed by atoms with Crippen molar-refractivity contribution in [2.75, 3.05) is 5.73 Å². The Bertz CT molecular complexity index is 279. The van der Waals surface area contributed by atoms with Gasteiger partial charge in [0.2, 0.25) is 0 Å². The van der Waals surface area contributed by atoms with E-state index in [0.29, 0.717) is 5.69 Å². The predicted octanol–water partition coefficient (Wildman–Crippen LogP) is 1.69. The maximum atomic E-state index is 5.52. The number of nitrogens with two attached hydrogens (primary N) is 1. The Kier molecular flexibility index (Phi) is 2.21. The molecule has 1 aromatic rings. The van der Waals surface area contributed by atoms with Gasteiger partial charge in [-0.05, 0) is 19.9 Å². The van der Waals surface area contributed by atoms with E-state index >= 15 is 0 Å². The summed E-state index contributed by atoms with van der Waals surface area (Å²) >= 11 is 0. The molecule has 1 rings (SSSR count). The monoisotopic (exact) mass is 149 g/mol. The fourth-order valence-corrected chi connectivity index (χ4v) is 0.807. The Morgan fingerprint density at radius 3 is 3.00 bits per heavy atom. The molecule has 0 aliphatic heterocycles. The number of nitrogen functional groups attached to an aromatic ring is 1. The Morgan fingerprint density at radius 1 is 1.64 bits per heavy atom. The lowest BCUT2D eigenvalue weighted by atomic mass is 10.3. The van der Waals surface area contributed by atoms with Crippen molar-refractivity contribution >= 4 is 17.6 Å². The minimum absolute atomic E-state index is 0.649. The number of nitrogens with zero attached hydrogens (tertiary/aromatic N) is 2. The van der Waals surface area contributed by atoms with Crippen molar-refractivity contribution in [2.24, 2.45) is 4.99 Å². The molecule has 0 unspecified atom stereocenters. The van der Waals surface area contributed by atoms with Crippen LogP contribution in [-0.2, 0) is 0 Å². The van der Waals surface area contributed by atoms with Crippen molar-refractivity contribution in [1.82, 2.24) is 4.98 Å². The molecule has 11 heavy (non-hydrogen) atoms. The Balaban J connectivity index is 3.12. The van der Waals surface area contributed by atoms with E-state index < -0.39 is 0 Å². The number of rotatable bonds is 1. The summed E-state index contributed by atoms with van der Waals surface area (Å²) < 4.78 is 0. The minimum Gasteiger partial charge on any atom is -0.397 e. The molecular weight excluding hydrogens is 138 g/mol. The number of hydrogen-bond acceptors (Lipinski definition) is 3. The molecule has 3 nitrogen and oxygen atoms in total. The second kappa shape index (κ2) is 3.14. The molecule has 0 atom stereocenters. The smallest absolute Gasteiger partial charge is 0.0858 e. The second-order valence-electron chi connectivity index (χ2n) is 2.26. The largest absolute Gasteiger partial charge is 0.397 e. The van der Waals surface area contributed by atoms with Crippen LogP contribution in [0.3, 0.4) is 0 Å². The molecule has 0 fully saturated rings. The van der Waals surface area contributed by atoms with Crippen LogP contribution in [-0.4, -0.2) is 11.2 Å². The first kappa shape index (κ1) is 7.72. The van der Waals surface area contributed by atoms with Crippen molar-refractivity contribution in [3.05, 3.63) is 18.0 Å². The van der Waals surface area contributed by atoms with Crippen LogP contribution in [0.15, 0.2) is 17.3 Å². The highest BCUT2D eigenvalue weighted by molar-refractivity contribution is 5.63. The molecule has 0 radical (unpaired) electrons. The number of aryl methyl sites for hydroxylation is 1. The van der Waals surface area contributed by atoms with Gasteiger partial charge in [0, 0.05) is 6.21 Å². The van der Waals surface area contributed by atoms with Crippen LogP contribution in [0.1, 0.15) is 12.6 Å². The summed E-state index contributed by atoms with van der Waals surface area (Å²) in [5, 5.41) is 0. The number of anilines is 1. The molecule has 0 aliphatic carbocycles. The first-order valence-corrected chi connectivity index (χ1v) is 3.45. The second-order valence-corrected chi connectivity index (χ2v) is 2.26. The Morgan fingerprint density at radius 2 is 2.36 bits per heavy atom. The zero-order valence-electron chi connectivity index (χ0n) is 6.70. The lowest BCUT2D eigenvalue weighted by Gasteiger charge is -1.98. The lowest BCUT2D eigenvalue weighted by Crippen LogP contribution is -1.88. The van der Waals surface area contributed by atoms with Gasteiger partial charge in [0.1, 0.15) is 0 Å². The molecular formula is C8H11N3. The highest BCUT2D eigenvalue weighted by atomic mass is 14.8. The van der Waals surface area contributed by atoms with E-state index in [9.17, 15) is 0 Å². The van der Waals surface area contributed by atoms with Crippen molar-refractivity contribution in [3.63, 3.8) is 0 Å². The van der Waals surface area contributed by atoms with Gasteiger partial charge in [-0.15, -0.1) is 0 Å². The maximum Gasteiger partial charge on any atom is 0.0858 e. The van der Waals surface area contributed by atoms with E-state index in [0.717, 1.165) is 11.4 Å². The maximum absolute atomic E-state index is 5.52. The molecule has 0 saturated heterocycles. The van der Waals surface area contributed by atoms with E-state index in [1.54, 1.807) is 12.4 Å². The summed E-state index contributed by atoms with van der Waals surface area (Å²) in [5.74, 6) is 0. The van der Waals surface area contributed by atoms with Gasteiger partial charge in [-0.25, -0.2) is 0 Å². The molecule has 0 bridgehead atoms. The average Bonchev–Trinajstić information content (AvgIpc) is 1.98. The van der Waals surface area contributed by atoms with Crippen LogP contribution in [0.5, 0.6) is 0 Å². The summed E-state index contributed by atoms with van der Waals surface area (Å²) in [4.78, 5) is 8.16. The van der Waals surface area contributed by atoms with Gasteiger partial charge in [-0.1, -0.05) is 0 Å². The van der Waals surface area contributed by atoms with Crippen molar-refractivity contribution in [2.45, 2.75) is 13.8 Å². The van der Waals surface area contributed by atoms with Crippen LogP contribution in [0.25, 0.3) is 0 Å². The molecule has 0 aromatic carbocycles. The first-order chi connectivity index (χ1) is 5.24. The Labute approximate surface area is 66.0 Å². The van der Waals surface area contributed by atoms with Gasteiger partial charge in [0.15, 0.2) is 0 Å². The normalized spacial score (nSPS) is 10.7. The zero-order chi connectivity index (χ0) is 8.27. The topological polar surface area (TPSA) is 51.3 Å². The molecule has 3 heteroatoms. The van der Waals surface area contributed by atoms with Gasteiger partial charge >= 0.3 is 0 Å². The SMILES string of the molecule is CC=Nc1cc(N)cnc1C. The summed E-state index contributed by atoms with van der Waals surface area (Å²) in [6.45, 7) is 3.77. The van der Waals surface area contributed by atoms with Gasteiger partial charge in [-0.3, -0.25) is 9.98 Å². The zero-order valence-corrected chi connectivity index (χ0v) is 6.70. The van der Waals surface area contributed by atoms with Crippen LogP contribution >= 0.6 is 0 Å². The molecule has 2 N–H and O–H groups in total. The quantitative estimate of drug-likeness (QED) is 0.618. The molecule has 0 saturated carbocycles. The number of hydrogen-bond donors (Lipinski definition) is 1. The Hall–Kier alpha value is -1.38.